The van der Waals surface area contributed by atoms with Gasteiger partial charge in [0.15, 0.2) is 0 Å². The number of hydrogen-bond acceptors (Lipinski definition) is 2. The highest BCUT2D eigenvalue weighted by atomic mass is 79.9. The van der Waals surface area contributed by atoms with Gasteiger partial charge in [0.25, 0.3) is 0 Å². The summed E-state index contributed by atoms with van der Waals surface area (Å²) in [6.45, 7) is 0.156. The van der Waals surface area contributed by atoms with Crippen molar-refractivity contribution in [2.24, 2.45) is 17.3 Å². The highest BCUT2D eigenvalue weighted by molar-refractivity contribution is 9.10. The lowest BCUT2D eigenvalue weighted by Crippen LogP contribution is -2.56. The molecule has 4 aliphatic rings. The summed E-state index contributed by atoms with van der Waals surface area (Å²) < 4.78 is 5.84. The maximum absolute atomic E-state index is 12.9. The van der Waals surface area contributed by atoms with Crippen molar-refractivity contribution in [1.82, 2.24) is 0 Å². The molecular formula is C18H19BrCl2O2. The van der Waals surface area contributed by atoms with Gasteiger partial charge in [-0.15, -0.1) is 0 Å². The molecule has 4 fully saturated rings. The molecule has 0 amide bonds. The standard InChI is InChI=1S/C18H19BrCl2O2/c19-18-7-11-4-12(8-18)6-17(5-11,10-18)16(22)23-9-13-14(20)2-1-3-15(13)21/h1-3,11-12H,4-10H2/t11-,12+,17?,18?. The molecule has 2 nitrogen and oxygen atoms in total. The second-order valence-corrected chi connectivity index (χ2v) is 10.2. The van der Waals surface area contributed by atoms with Crippen LogP contribution in [0.25, 0.3) is 0 Å². The number of carbonyl (C=O) groups is 1. The molecule has 4 aliphatic carbocycles. The maximum atomic E-state index is 12.9. The molecule has 1 aromatic carbocycles. The van der Waals surface area contributed by atoms with Crippen molar-refractivity contribution in [3.05, 3.63) is 33.8 Å². The van der Waals surface area contributed by atoms with Crippen LogP contribution in [0, 0.1) is 17.3 Å². The van der Waals surface area contributed by atoms with E-state index >= 15 is 0 Å². The van der Waals surface area contributed by atoms with E-state index in [1.165, 1.54) is 19.3 Å². The van der Waals surface area contributed by atoms with E-state index in [0.29, 0.717) is 27.4 Å². The number of carbonyl (C=O) groups excluding carboxylic acids is 1. The number of rotatable bonds is 3. The molecule has 124 valence electrons. The summed E-state index contributed by atoms with van der Waals surface area (Å²) in [7, 11) is 0. The minimum absolute atomic E-state index is 0.0635. The average molecular weight is 418 g/mol. The minimum Gasteiger partial charge on any atom is -0.460 e. The molecule has 1 aromatic rings. The molecular weight excluding hydrogens is 399 g/mol. The number of benzene rings is 1. The summed E-state index contributed by atoms with van der Waals surface area (Å²) in [5.74, 6) is 1.26. The first-order chi connectivity index (χ1) is 10.9. The lowest BCUT2D eigenvalue weighted by atomic mass is 9.49. The van der Waals surface area contributed by atoms with Gasteiger partial charge in [0.1, 0.15) is 6.61 Å². The lowest BCUT2D eigenvalue weighted by Gasteiger charge is -2.58. The summed E-state index contributed by atoms with van der Waals surface area (Å²) in [6, 6.07) is 5.34. The van der Waals surface area contributed by atoms with E-state index in [2.05, 4.69) is 15.9 Å². The van der Waals surface area contributed by atoms with Crippen LogP contribution in [-0.2, 0) is 16.1 Å². The van der Waals surface area contributed by atoms with Crippen LogP contribution in [0.4, 0.5) is 0 Å². The van der Waals surface area contributed by atoms with Crippen LogP contribution in [0.1, 0.15) is 44.1 Å². The Labute approximate surface area is 155 Å². The molecule has 0 aromatic heterocycles. The minimum atomic E-state index is -0.304. The van der Waals surface area contributed by atoms with Gasteiger partial charge in [-0.3, -0.25) is 4.79 Å². The largest absolute Gasteiger partial charge is 0.460 e. The molecule has 4 bridgehead atoms. The van der Waals surface area contributed by atoms with Crippen LogP contribution in [0.3, 0.4) is 0 Å². The second kappa shape index (κ2) is 5.64. The molecule has 0 N–H and O–H groups in total. The molecule has 0 radical (unpaired) electrons. The molecule has 2 unspecified atom stereocenters. The molecule has 0 heterocycles. The fourth-order valence-corrected chi connectivity index (χ4v) is 7.31. The lowest BCUT2D eigenvalue weighted by molar-refractivity contribution is -0.170. The zero-order valence-corrected chi connectivity index (χ0v) is 15.9. The molecule has 0 spiro atoms. The number of ether oxygens (including phenoxy) is 1. The first kappa shape index (κ1) is 16.2. The van der Waals surface area contributed by atoms with E-state index in [9.17, 15) is 4.79 Å². The van der Waals surface area contributed by atoms with E-state index in [0.717, 1.165) is 19.3 Å². The summed E-state index contributed by atoms with van der Waals surface area (Å²) in [4.78, 5) is 12.9. The van der Waals surface area contributed by atoms with Crippen molar-refractivity contribution in [1.29, 1.82) is 0 Å². The van der Waals surface area contributed by atoms with Gasteiger partial charge in [0.2, 0.25) is 0 Å². The van der Waals surface area contributed by atoms with Gasteiger partial charge in [0, 0.05) is 19.9 Å². The van der Waals surface area contributed by atoms with Crippen molar-refractivity contribution in [3.63, 3.8) is 0 Å². The first-order valence-electron chi connectivity index (χ1n) is 8.18. The summed E-state index contributed by atoms with van der Waals surface area (Å²) in [5.41, 5.74) is 0.392. The SMILES string of the molecule is O=C(OCc1c(Cl)cccc1Cl)C12C[C@@H]3C[C@@H](CC(Br)(C3)C1)C2. The third-order valence-electron chi connectivity index (χ3n) is 5.83. The third-order valence-corrected chi connectivity index (χ3v) is 7.47. The fraction of sp³-hybridized carbons (Fsp3) is 0.611. The Morgan fingerprint density at radius 2 is 1.78 bits per heavy atom. The number of halogens is 3. The summed E-state index contributed by atoms with van der Waals surface area (Å²) in [5, 5.41) is 1.10. The molecule has 4 atom stereocenters. The van der Waals surface area contributed by atoms with E-state index in [1.54, 1.807) is 18.2 Å². The maximum Gasteiger partial charge on any atom is 0.312 e. The Kier molecular flexibility index (Phi) is 3.98. The van der Waals surface area contributed by atoms with Crippen molar-refractivity contribution >= 4 is 45.1 Å². The molecule has 0 aliphatic heterocycles. The van der Waals surface area contributed by atoms with E-state index in [1.807, 2.05) is 0 Å². The van der Waals surface area contributed by atoms with Gasteiger partial charge < -0.3 is 4.74 Å². The Bertz CT molecular complexity index is 626. The molecule has 5 rings (SSSR count). The number of hydrogen-bond donors (Lipinski definition) is 0. The van der Waals surface area contributed by atoms with Crippen molar-refractivity contribution < 1.29 is 9.53 Å². The van der Waals surface area contributed by atoms with Crippen molar-refractivity contribution in [2.75, 3.05) is 0 Å². The Balaban J connectivity index is 1.51. The van der Waals surface area contributed by atoms with Gasteiger partial charge in [-0.2, -0.15) is 0 Å². The topological polar surface area (TPSA) is 26.3 Å². The zero-order chi connectivity index (χ0) is 16.2. The van der Waals surface area contributed by atoms with E-state index < -0.39 is 0 Å². The van der Waals surface area contributed by atoms with Gasteiger partial charge >= 0.3 is 5.97 Å². The number of alkyl halides is 1. The third kappa shape index (κ3) is 2.83. The first-order valence-corrected chi connectivity index (χ1v) is 9.73. The zero-order valence-electron chi connectivity index (χ0n) is 12.8. The van der Waals surface area contributed by atoms with Crippen LogP contribution in [0.2, 0.25) is 10.0 Å². The average Bonchev–Trinajstić information content (AvgIpc) is 2.43. The van der Waals surface area contributed by atoms with E-state index in [-0.39, 0.29) is 22.3 Å². The normalized spacial score (nSPS) is 37.9. The summed E-state index contributed by atoms with van der Waals surface area (Å²) >= 11 is 16.3. The molecule has 4 saturated carbocycles. The second-order valence-electron chi connectivity index (χ2n) is 7.67. The van der Waals surface area contributed by atoms with Gasteiger partial charge in [0.05, 0.1) is 5.41 Å². The Hall–Kier alpha value is -0.250. The van der Waals surface area contributed by atoms with Crippen LogP contribution in [0.5, 0.6) is 0 Å². The van der Waals surface area contributed by atoms with Crippen LogP contribution < -0.4 is 0 Å². The highest BCUT2D eigenvalue weighted by Gasteiger charge is 2.60. The van der Waals surface area contributed by atoms with Crippen LogP contribution in [-0.4, -0.2) is 10.3 Å². The van der Waals surface area contributed by atoms with Crippen LogP contribution in [0.15, 0.2) is 18.2 Å². The molecule has 5 heteroatoms. The van der Waals surface area contributed by atoms with Gasteiger partial charge in [-0.25, -0.2) is 0 Å². The highest BCUT2D eigenvalue weighted by Crippen LogP contribution is 2.64. The van der Waals surface area contributed by atoms with Gasteiger partial charge in [-0.05, 0) is 62.5 Å². The number of esters is 1. The smallest absolute Gasteiger partial charge is 0.312 e. The molecule has 23 heavy (non-hydrogen) atoms. The molecule has 0 saturated heterocycles. The Morgan fingerprint density at radius 3 is 2.35 bits per heavy atom. The van der Waals surface area contributed by atoms with Crippen molar-refractivity contribution in [2.45, 2.75) is 49.5 Å². The predicted molar refractivity (Wildman–Crippen MR) is 95.0 cm³/mol. The fourth-order valence-electron chi connectivity index (χ4n) is 5.35. The monoisotopic (exact) mass is 416 g/mol. The Morgan fingerprint density at radius 1 is 1.17 bits per heavy atom. The van der Waals surface area contributed by atoms with Gasteiger partial charge in [-0.1, -0.05) is 45.2 Å². The van der Waals surface area contributed by atoms with Crippen molar-refractivity contribution in [3.8, 4) is 0 Å². The van der Waals surface area contributed by atoms with Crippen LogP contribution >= 0.6 is 39.1 Å². The summed E-state index contributed by atoms with van der Waals surface area (Å²) in [6.07, 6.45) is 6.54. The quantitative estimate of drug-likeness (QED) is 0.460. The van der Waals surface area contributed by atoms with E-state index in [4.69, 9.17) is 27.9 Å². The predicted octanol–water partition coefficient (Wildman–Crippen LogP) is 5.77.